The summed E-state index contributed by atoms with van der Waals surface area (Å²) in [7, 11) is 0. The van der Waals surface area contributed by atoms with Crippen LogP contribution in [0, 0.1) is 11.8 Å². The number of aromatic hydroxyl groups is 1. The van der Waals surface area contributed by atoms with Gasteiger partial charge in [0.05, 0.1) is 13.2 Å². The number of phenolic OH excluding ortho intramolecular Hbond substituents is 1. The molecule has 0 fully saturated rings. The molecule has 1 aromatic carbocycles. The van der Waals surface area contributed by atoms with Gasteiger partial charge in [-0.2, -0.15) is 0 Å². The first-order chi connectivity index (χ1) is 7.79. The molecule has 3 nitrogen and oxygen atoms in total. The minimum absolute atomic E-state index is 0.210. The van der Waals surface area contributed by atoms with Crippen molar-refractivity contribution in [1.82, 2.24) is 5.32 Å². The molecule has 0 unspecified atom stereocenters. The molecule has 1 aromatic rings. The topological polar surface area (TPSA) is 41.5 Å². The van der Waals surface area contributed by atoms with Crippen LogP contribution in [0.25, 0.3) is 0 Å². The second kappa shape index (κ2) is 6.76. The number of phenols is 1. The lowest BCUT2D eigenvalue weighted by molar-refractivity contribution is 0.316. The van der Waals surface area contributed by atoms with Crippen LogP contribution < -0.4 is 10.1 Å². The van der Waals surface area contributed by atoms with E-state index in [1.807, 2.05) is 19.1 Å². The van der Waals surface area contributed by atoms with Gasteiger partial charge in [-0.05, 0) is 19.9 Å². The van der Waals surface area contributed by atoms with Gasteiger partial charge in [0.1, 0.15) is 0 Å². The largest absolute Gasteiger partial charge is 0.504 e. The van der Waals surface area contributed by atoms with Crippen molar-refractivity contribution in [2.24, 2.45) is 0 Å². The van der Waals surface area contributed by atoms with Crippen LogP contribution in [0.2, 0.25) is 0 Å². The van der Waals surface area contributed by atoms with Crippen molar-refractivity contribution in [2.75, 3.05) is 13.2 Å². The molecule has 86 valence electrons. The van der Waals surface area contributed by atoms with Crippen molar-refractivity contribution in [1.29, 1.82) is 0 Å². The molecular formula is C13H17NO2. The highest BCUT2D eigenvalue weighted by Gasteiger charge is 2.06. The molecule has 0 saturated heterocycles. The molecule has 0 aliphatic heterocycles. The molecule has 0 bridgehead atoms. The highest BCUT2D eigenvalue weighted by molar-refractivity contribution is 5.45. The van der Waals surface area contributed by atoms with E-state index >= 15 is 0 Å². The Kier molecular flexibility index (Phi) is 5.24. The molecule has 2 N–H and O–H groups in total. The Morgan fingerprint density at radius 2 is 2.25 bits per heavy atom. The third-order valence-electron chi connectivity index (χ3n) is 2.09. The molecule has 0 aliphatic rings. The first-order valence-electron chi connectivity index (χ1n) is 5.33. The standard InChI is InChI=1S/C13H17NO2/c1-3-5-9-14-10-11-7-6-8-12(13(11)15)16-4-2/h6-8,14-15H,4,9-10H2,1-2H3. The minimum Gasteiger partial charge on any atom is -0.504 e. The second-order valence-corrected chi connectivity index (χ2v) is 3.23. The maximum atomic E-state index is 9.88. The van der Waals surface area contributed by atoms with Crippen molar-refractivity contribution in [3.8, 4) is 23.3 Å². The number of hydrogen-bond acceptors (Lipinski definition) is 3. The first kappa shape index (κ1) is 12.4. The highest BCUT2D eigenvalue weighted by Crippen LogP contribution is 2.29. The van der Waals surface area contributed by atoms with Crippen LogP contribution in [0.5, 0.6) is 11.5 Å². The molecular weight excluding hydrogens is 202 g/mol. The van der Waals surface area contributed by atoms with Crippen molar-refractivity contribution < 1.29 is 9.84 Å². The normalized spacial score (nSPS) is 9.38. The fraction of sp³-hybridized carbons (Fsp3) is 0.385. The molecule has 0 heterocycles. The van der Waals surface area contributed by atoms with Crippen LogP contribution in [-0.4, -0.2) is 18.3 Å². The van der Waals surface area contributed by atoms with Crippen molar-refractivity contribution >= 4 is 0 Å². The lowest BCUT2D eigenvalue weighted by atomic mass is 10.2. The maximum Gasteiger partial charge on any atom is 0.162 e. The first-order valence-corrected chi connectivity index (χ1v) is 5.33. The number of nitrogens with one attached hydrogen (secondary N) is 1. The molecule has 0 aliphatic carbocycles. The van der Waals surface area contributed by atoms with Gasteiger partial charge in [-0.15, -0.1) is 5.92 Å². The van der Waals surface area contributed by atoms with E-state index in [0.29, 0.717) is 25.4 Å². The summed E-state index contributed by atoms with van der Waals surface area (Å²) in [6, 6.07) is 5.49. The van der Waals surface area contributed by atoms with Crippen molar-refractivity contribution in [3.05, 3.63) is 23.8 Å². The average Bonchev–Trinajstić information content (AvgIpc) is 2.29. The highest BCUT2D eigenvalue weighted by atomic mass is 16.5. The van der Waals surface area contributed by atoms with E-state index in [1.54, 1.807) is 13.0 Å². The van der Waals surface area contributed by atoms with Gasteiger partial charge >= 0.3 is 0 Å². The summed E-state index contributed by atoms with van der Waals surface area (Å²) in [5.74, 6) is 6.44. The van der Waals surface area contributed by atoms with Crippen molar-refractivity contribution in [2.45, 2.75) is 20.4 Å². The Balaban J connectivity index is 2.64. The van der Waals surface area contributed by atoms with Gasteiger partial charge in [-0.3, -0.25) is 0 Å². The number of para-hydroxylation sites is 1. The summed E-state index contributed by atoms with van der Waals surface area (Å²) in [6.45, 7) is 5.44. The predicted octanol–water partition coefficient (Wildman–Crippen LogP) is 1.90. The molecule has 0 radical (unpaired) electrons. The zero-order valence-electron chi connectivity index (χ0n) is 9.71. The number of rotatable bonds is 5. The number of benzene rings is 1. The molecule has 0 atom stereocenters. The average molecular weight is 219 g/mol. The number of ether oxygens (including phenoxy) is 1. The third kappa shape index (κ3) is 3.48. The summed E-state index contributed by atoms with van der Waals surface area (Å²) in [5.41, 5.74) is 0.823. The second-order valence-electron chi connectivity index (χ2n) is 3.23. The smallest absolute Gasteiger partial charge is 0.162 e. The lowest BCUT2D eigenvalue weighted by Crippen LogP contribution is -2.13. The third-order valence-corrected chi connectivity index (χ3v) is 2.09. The van der Waals surface area contributed by atoms with Crippen LogP contribution in [-0.2, 0) is 6.54 Å². The van der Waals surface area contributed by atoms with Crippen LogP contribution in [0.1, 0.15) is 19.4 Å². The lowest BCUT2D eigenvalue weighted by Gasteiger charge is -2.09. The Hall–Kier alpha value is -1.66. The van der Waals surface area contributed by atoms with E-state index in [-0.39, 0.29) is 5.75 Å². The zero-order valence-corrected chi connectivity index (χ0v) is 9.71. The van der Waals surface area contributed by atoms with Gasteiger partial charge < -0.3 is 15.2 Å². The molecule has 0 spiro atoms. The molecule has 0 saturated carbocycles. The molecule has 0 aromatic heterocycles. The van der Waals surface area contributed by atoms with E-state index in [4.69, 9.17) is 4.74 Å². The van der Waals surface area contributed by atoms with E-state index in [1.165, 1.54) is 0 Å². The summed E-state index contributed by atoms with van der Waals surface area (Å²) in [5, 5.41) is 13.0. The Labute approximate surface area is 96.4 Å². The summed E-state index contributed by atoms with van der Waals surface area (Å²) in [4.78, 5) is 0. The van der Waals surface area contributed by atoms with Crippen molar-refractivity contribution in [3.63, 3.8) is 0 Å². The van der Waals surface area contributed by atoms with E-state index < -0.39 is 0 Å². The monoisotopic (exact) mass is 219 g/mol. The fourth-order valence-electron chi connectivity index (χ4n) is 1.33. The quantitative estimate of drug-likeness (QED) is 0.587. The van der Waals surface area contributed by atoms with Gasteiger partial charge in [0.15, 0.2) is 11.5 Å². The Morgan fingerprint density at radius 3 is 2.94 bits per heavy atom. The van der Waals surface area contributed by atoms with Gasteiger partial charge in [0.25, 0.3) is 0 Å². The maximum absolute atomic E-state index is 9.88. The van der Waals surface area contributed by atoms with Gasteiger partial charge in [-0.1, -0.05) is 18.1 Å². The van der Waals surface area contributed by atoms with Gasteiger partial charge in [0, 0.05) is 12.1 Å². The molecule has 16 heavy (non-hydrogen) atoms. The van der Waals surface area contributed by atoms with Crippen LogP contribution in [0.4, 0.5) is 0 Å². The fourth-order valence-corrected chi connectivity index (χ4v) is 1.33. The van der Waals surface area contributed by atoms with Crippen LogP contribution >= 0.6 is 0 Å². The molecule has 1 rings (SSSR count). The van der Waals surface area contributed by atoms with E-state index in [9.17, 15) is 5.11 Å². The Morgan fingerprint density at radius 1 is 1.44 bits per heavy atom. The van der Waals surface area contributed by atoms with Crippen LogP contribution in [0.3, 0.4) is 0 Å². The van der Waals surface area contributed by atoms with Crippen LogP contribution in [0.15, 0.2) is 18.2 Å². The zero-order chi connectivity index (χ0) is 11.8. The predicted molar refractivity (Wildman–Crippen MR) is 64.4 cm³/mol. The van der Waals surface area contributed by atoms with Gasteiger partial charge in [-0.25, -0.2) is 0 Å². The van der Waals surface area contributed by atoms with E-state index in [2.05, 4.69) is 17.2 Å². The SMILES string of the molecule is CC#CCNCc1cccc(OCC)c1O. The van der Waals surface area contributed by atoms with E-state index in [0.717, 1.165) is 5.56 Å². The number of hydrogen-bond donors (Lipinski definition) is 2. The summed E-state index contributed by atoms with van der Waals surface area (Å²) in [6.07, 6.45) is 0. The minimum atomic E-state index is 0.210. The summed E-state index contributed by atoms with van der Waals surface area (Å²) >= 11 is 0. The molecule has 3 heteroatoms. The Bertz CT molecular complexity index is 391. The van der Waals surface area contributed by atoms with Gasteiger partial charge in [0.2, 0.25) is 0 Å². The molecule has 0 amide bonds. The summed E-state index contributed by atoms with van der Waals surface area (Å²) < 4.78 is 5.30.